The maximum Gasteiger partial charge on any atom is 0.257 e. The number of nitrogens with zero attached hydrogens (tertiary/aromatic N) is 1. The van der Waals surface area contributed by atoms with Gasteiger partial charge in [0.05, 0.1) is 18.2 Å². The number of likely N-dealkylation sites (tertiary alicyclic amines) is 1. The molecule has 2 heterocycles. The molecule has 1 N–H and O–H groups in total. The van der Waals surface area contributed by atoms with Gasteiger partial charge in [0.2, 0.25) is 5.91 Å². The van der Waals surface area contributed by atoms with E-state index in [-0.39, 0.29) is 23.8 Å². The van der Waals surface area contributed by atoms with Crippen LogP contribution in [0.1, 0.15) is 22.3 Å². The number of rotatable bonds is 5. The third-order valence-corrected chi connectivity index (χ3v) is 5.13. The minimum absolute atomic E-state index is 0.0241. The number of amides is 2. The molecule has 4 rings (SSSR count). The van der Waals surface area contributed by atoms with E-state index in [1.807, 2.05) is 47.4 Å². The van der Waals surface area contributed by atoms with E-state index in [2.05, 4.69) is 17.4 Å². The van der Waals surface area contributed by atoms with Crippen molar-refractivity contribution in [2.75, 3.05) is 19.7 Å². The van der Waals surface area contributed by atoms with Gasteiger partial charge in [-0.3, -0.25) is 9.59 Å². The Hall–Kier alpha value is -2.82. The fourth-order valence-corrected chi connectivity index (χ4v) is 3.77. The maximum atomic E-state index is 12.9. The fraction of sp³-hybridized carbons (Fsp3) is 0.333. The largest absolute Gasteiger partial charge is 0.492 e. The van der Waals surface area contributed by atoms with Crippen molar-refractivity contribution in [1.82, 2.24) is 10.2 Å². The van der Waals surface area contributed by atoms with Crippen molar-refractivity contribution in [3.63, 3.8) is 0 Å². The van der Waals surface area contributed by atoms with Crippen LogP contribution in [0.15, 0.2) is 54.6 Å². The molecule has 2 fully saturated rings. The van der Waals surface area contributed by atoms with Crippen LogP contribution in [0.4, 0.5) is 0 Å². The van der Waals surface area contributed by atoms with Crippen LogP contribution in [0, 0.1) is 5.92 Å². The van der Waals surface area contributed by atoms with Crippen molar-refractivity contribution in [2.45, 2.75) is 18.9 Å². The van der Waals surface area contributed by atoms with Crippen molar-refractivity contribution < 1.29 is 14.3 Å². The van der Waals surface area contributed by atoms with Gasteiger partial charge in [0.25, 0.3) is 5.91 Å². The molecule has 26 heavy (non-hydrogen) atoms. The molecule has 5 heteroatoms. The Morgan fingerprint density at radius 1 is 1.08 bits per heavy atom. The number of carbonyl (C=O) groups excluding carboxylic acids is 2. The number of hydrogen-bond donors (Lipinski definition) is 1. The summed E-state index contributed by atoms with van der Waals surface area (Å²) in [4.78, 5) is 26.2. The summed E-state index contributed by atoms with van der Waals surface area (Å²) in [6, 6.07) is 17.6. The quantitative estimate of drug-likeness (QED) is 0.900. The third-order valence-electron chi connectivity index (χ3n) is 5.13. The molecule has 2 aromatic rings. The summed E-state index contributed by atoms with van der Waals surface area (Å²) in [6.07, 6.45) is 1.31. The number of carbonyl (C=O) groups is 2. The molecule has 2 aliphatic rings. The van der Waals surface area contributed by atoms with Gasteiger partial charge in [0, 0.05) is 31.8 Å². The fourth-order valence-electron chi connectivity index (χ4n) is 3.77. The molecule has 0 saturated carbocycles. The van der Waals surface area contributed by atoms with Gasteiger partial charge in [0.15, 0.2) is 0 Å². The minimum Gasteiger partial charge on any atom is -0.492 e. The van der Waals surface area contributed by atoms with E-state index in [1.54, 1.807) is 0 Å². The topological polar surface area (TPSA) is 58.6 Å². The van der Waals surface area contributed by atoms with Crippen LogP contribution in [0.25, 0.3) is 0 Å². The highest BCUT2D eigenvalue weighted by molar-refractivity contribution is 5.97. The smallest absolute Gasteiger partial charge is 0.257 e. The Morgan fingerprint density at radius 3 is 2.65 bits per heavy atom. The number of benzene rings is 2. The van der Waals surface area contributed by atoms with Gasteiger partial charge in [0.1, 0.15) is 5.75 Å². The highest BCUT2D eigenvalue weighted by Gasteiger charge is 2.42. The summed E-state index contributed by atoms with van der Waals surface area (Å²) in [5, 5.41) is 2.96. The predicted octanol–water partition coefficient (Wildman–Crippen LogP) is 2.27. The Morgan fingerprint density at radius 2 is 1.85 bits per heavy atom. The van der Waals surface area contributed by atoms with Gasteiger partial charge in [-0.1, -0.05) is 42.5 Å². The molecule has 134 valence electrons. The van der Waals surface area contributed by atoms with Crippen molar-refractivity contribution >= 4 is 11.8 Å². The molecule has 5 nitrogen and oxygen atoms in total. The van der Waals surface area contributed by atoms with E-state index < -0.39 is 0 Å². The van der Waals surface area contributed by atoms with Crippen LogP contribution >= 0.6 is 0 Å². The van der Waals surface area contributed by atoms with E-state index in [0.29, 0.717) is 37.4 Å². The molecule has 0 radical (unpaired) electrons. The minimum atomic E-state index is -0.0241. The van der Waals surface area contributed by atoms with Gasteiger partial charge in [-0.15, -0.1) is 0 Å². The average Bonchev–Trinajstić information content (AvgIpc) is 3.20. The Bertz CT molecular complexity index is 790. The molecule has 2 saturated heterocycles. The first kappa shape index (κ1) is 16.6. The van der Waals surface area contributed by atoms with Gasteiger partial charge in [-0.2, -0.15) is 0 Å². The zero-order chi connectivity index (χ0) is 17.9. The highest BCUT2D eigenvalue weighted by Crippen LogP contribution is 2.28. The normalized spacial score (nSPS) is 21.4. The van der Waals surface area contributed by atoms with E-state index in [4.69, 9.17) is 4.74 Å². The predicted molar refractivity (Wildman–Crippen MR) is 98.0 cm³/mol. The number of fused-ring (bicyclic) bond motifs is 1. The van der Waals surface area contributed by atoms with Gasteiger partial charge >= 0.3 is 0 Å². The molecule has 0 unspecified atom stereocenters. The van der Waals surface area contributed by atoms with Crippen molar-refractivity contribution in [3.05, 3.63) is 65.7 Å². The van der Waals surface area contributed by atoms with E-state index in [1.165, 1.54) is 5.56 Å². The van der Waals surface area contributed by atoms with Crippen molar-refractivity contribution in [2.24, 2.45) is 5.92 Å². The van der Waals surface area contributed by atoms with E-state index in [0.717, 1.165) is 6.42 Å². The molecular weight excluding hydrogens is 328 g/mol. The van der Waals surface area contributed by atoms with Crippen LogP contribution in [0.3, 0.4) is 0 Å². The van der Waals surface area contributed by atoms with Crippen molar-refractivity contribution in [1.29, 1.82) is 0 Å². The lowest BCUT2D eigenvalue weighted by Crippen LogP contribution is -2.35. The Kier molecular flexibility index (Phi) is 4.61. The van der Waals surface area contributed by atoms with Gasteiger partial charge < -0.3 is 15.0 Å². The van der Waals surface area contributed by atoms with Gasteiger partial charge in [-0.25, -0.2) is 0 Å². The average molecular weight is 350 g/mol. The maximum absolute atomic E-state index is 12.9. The first-order valence-electron chi connectivity index (χ1n) is 9.05. The molecule has 0 bridgehead atoms. The number of nitrogens with one attached hydrogen (secondary N) is 1. The molecule has 0 aliphatic carbocycles. The second kappa shape index (κ2) is 7.20. The summed E-state index contributed by atoms with van der Waals surface area (Å²) in [5.74, 6) is 0.924. The van der Waals surface area contributed by atoms with Crippen LogP contribution < -0.4 is 10.1 Å². The van der Waals surface area contributed by atoms with Gasteiger partial charge in [-0.05, 0) is 17.7 Å². The molecule has 0 aromatic heterocycles. The molecule has 0 spiro atoms. The first-order valence-corrected chi connectivity index (χ1v) is 9.05. The lowest BCUT2D eigenvalue weighted by molar-refractivity contribution is -0.119. The monoisotopic (exact) mass is 350 g/mol. The van der Waals surface area contributed by atoms with Crippen LogP contribution in [0.2, 0.25) is 0 Å². The van der Waals surface area contributed by atoms with Crippen LogP contribution in [-0.2, 0) is 11.2 Å². The third kappa shape index (κ3) is 3.43. The lowest BCUT2D eigenvalue weighted by Gasteiger charge is -2.19. The van der Waals surface area contributed by atoms with E-state index in [9.17, 15) is 9.59 Å². The Labute approximate surface area is 153 Å². The summed E-state index contributed by atoms with van der Waals surface area (Å²) >= 11 is 0. The number of hydrogen-bond acceptors (Lipinski definition) is 3. The lowest BCUT2D eigenvalue weighted by atomic mass is 10.1. The number of ether oxygens (including phenoxy) is 1. The summed E-state index contributed by atoms with van der Waals surface area (Å²) in [7, 11) is 0. The van der Waals surface area contributed by atoms with E-state index >= 15 is 0 Å². The van der Waals surface area contributed by atoms with Crippen LogP contribution in [0.5, 0.6) is 5.75 Å². The standard InChI is InChI=1S/C21H22N2O3/c24-20-12-16-13-23(14-18(16)22-20)21(25)17-8-4-5-9-19(17)26-11-10-15-6-2-1-3-7-15/h1-9,16,18H,10-14H2,(H,22,24)/t16-,18+/m0/s1. The zero-order valence-corrected chi connectivity index (χ0v) is 14.6. The second-order valence-corrected chi connectivity index (χ2v) is 6.93. The molecule has 2 aromatic carbocycles. The summed E-state index contributed by atoms with van der Waals surface area (Å²) in [6.45, 7) is 1.73. The summed E-state index contributed by atoms with van der Waals surface area (Å²) < 4.78 is 5.92. The Balaban J connectivity index is 1.41. The molecule has 2 amide bonds. The number of para-hydroxylation sites is 1. The van der Waals surface area contributed by atoms with Crippen molar-refractivity contribution in [3.8, 4) is 5.75 Å². The second-order valence-electron chi connectivity index (χ2n) is 6.93. The zero-order valence-electron chi connectivity index (χ0n) is 14.6. The molecular formula is C21H22N2O3. The summed E-state index contributed by atoms with van der Waals surface area (Å²) in [5.41, 5.74) is 1.80. The molecule has 2 aliphatic heterocycles. The highest BCUT2D eigenvalue weighted by atomic mass is 16.5. The SMILES string of the molecule is O=C1C[C@H]2CN(C(=O)c3ccccc3OCCc3ccccc3)C[C@H]2N1. The first-order chi connectivity index (χ1) is 12.7. The van der Waals surface area contributed by atoms with Crippen LogP contribution in [-0.4, -0.2) is 42.5 Å². The molecule has 2 atom stereocenters.